The van der Waals surface area contributed by atoms with Gasteiger partial charge < -0.3 is 0 Å². The van der Waals surface area contributed by atoms with E-state index in [-0.39, 0.29) is 5.24 Å². The third kappa shape index (κ3) is 1.81. The molecule has 1 atom stereocenters. The lowest BCUT2D eigenvalue weighted by Gasteiger charge is -2.25. The van der Waals surface area contributed by atoms with E-state index in [1.165, 1.54) is 0 Å². The molecule has 4 heteroatoms. The molecule has 2 aromatic rings. The van der Waals surface area contributed by atoms with E-state index in [4.69, 9.17) is 0 Å². The van der Waals surface area contributed by atoms with Gasteiger partial charge in [-0.15, -0.1) is 4.48 Å². The molecular weight excluding hydrogens is 270 g/mol. The number of rotatable bonds is 3. The number of benzene rings is 2. The number of amides is 2. The van der Waals surface area contributed by atoms with Crippen molar-refractivity contribution in [1.29, 1.82) is 0 Å². The Labute approximate surface area is 121 Å². The number of nitrogens with zero attached hydrogens (tertiary/aromatic N) is 1. The van der Waals surface area contributed by atoms with Crippen molar-refractivity contribution in [1.82, 2.24) is 4.48 Å². The van der Waals surface area contributed by atoms with E-state index in [1.807, 2.05) is 48.5 Å². The monoisotopic (exact) mass is 282 g/mol. The van der Waals surface area contributed by atoms with Crippen molar-refractivity contribution in [2.24, 2.45) is 0 Å². The number of carbonyl (C=O) groups is 2. The van der Waals surface area contributed by atoms with Crippen LogP contribution in [0.4, 0.5) is 10.5 Å². The largest absolute Gasteiger partial charge is 0.396 e. The molecular formula is C16H12NO2S+. The van der Waals surface area contributed by atoms with Crippen LogP contribution in [-0.2, 0) is 4.79 Å². The molecule has 2 aromatic carbocycles. The van der Waals surface area contributed by atoms with Gasteiger partial charge in [0.25, 0.3) is 0 Å². The first-order valence-corrected chi connectivity index (χ1v) is 7.05. The summed E-state index contributed by atoms with van der Waals surface area (Å²) in [6, 6.07) is 18.6. The Morgan fingerprint density at radius 3 is 2.10 bits per heavy atom. The van der Waals surface area contributed by atoms with Gasteiger partial charge in [0.2, 0.25) is 0 Å². The van der Waals surface area contributed by atoms with E-state index < -0.39 is 4.48 Å². The topological polar surface area (TPSA) is 34.1 Å². The van der Waals surface area contributed by atoms with Gasteiger partial charge in [-0.25, -0.2) is 9.59 Å². The predicted molar refractivity (Wildman–Crippen MR) is 81.7 cm³/mol. The first-order chi connectivity index (χ1) is 9.79. The van der Waals surface area contributed by atoms with Crippen LogP contribution in [0.1, 0.15) is 5.56 Å². The maximum atomic E-state index is 12.4. The van der Waals surface area contributed by atoms with Crippen molar-refractivity contribution in [3.05, 3.63) is 71.6 Å². The van der Waals surface area contributed by atoms with Crippen LogP contribution in [0.5, 0.6) is 0 Å². The molecule has 0 aromatic heterocycles. The van der Waals surface area contributed by atoms with E-state index in [0.29, 0.717) is 17.8 Å². The molecule has 3 nitrogen and oxygen atoms in total. The molecule has 1 heterocycles. The fourth-order valence-electron chi connectivity index (χ4n) is 2.32. The van der Waals surface area contributed by atoms with Crippen molar-refractivity contribution in [3.63, 3.8) is 0 Å². The van der Waals surface area contributed by atoms with Crippen LogP contribution in [0.15, 0.2) is 66.1 Å². The number of hydrogen-bond donors (Lipinski definition) is 0. The Bertz CT molecular complexity index is 682. The van der Waals surface area contributed by atoms with Crippen molar-refractivity contribution in [3.8, 4) is 0 Å². The highest BCUT2D eigenvalue weighted by Gasteiger charge is 2.49. The molecule has 0 fully saturated rings. The number of para-hydroxylation sites is 1. The summed E-state index contributed by atoms with van der Waals surface area (Å²) < 4.78 is -0.393. The number of carbonyl (C=O) groups excluding carboxylic acids is 2. The lowest BCUT2D eigenvalue weighted by molar-refractivity contribution is -0.112. The van der Waals surface area contributed by atoms with Gasteiger partial charge in [-0.05, 0) is 12.1 Å². The van der Waals surface area contributed by atoms with Gasteiger partial charge in [-0.3, -0.25) is 0 Å². The SMILES string of the molecule is O=C[N+]1(c2ccccc2)C(=O)SC=C1c1ccccc1. The summed E-state index contributed by atoms with van der Waals surface area (Å²) in [4.78, 5) is 24.2. The average Bonchev–Trinajstić information content (AvgIpc) is 2.86. The Kier molecular flexibility index (Phi) is 3.26. The van der Waals surface area contributed by atoms with Crippen LogP contribution in [0.25, 0.3) is 5.70 Å². The zero-order valence-corrected chi connectivity index (χ0v) is 11.4. The number of imide groups is 1. The molecule has 0 bridgehead atoms. The highest BCUT2D eigenvalue weighted by atomic mass is 32.2. The molecule has 0 saturated heterocycles. The lowest BCUT2D eigenvalue weighted by Crippen LogP contribution is -2.46. The molecule has 2 amide bonds. The number of hydrogen-bond acceptors (Lipinski definition) is 3. The third-order valence-corrected chi connectivity index (χ3v) is 4.16. The second kappa shape index (κ2) is 5.07. The van der Waals surface area contributed by atoms with Crippen molar-refractivity contribution in [2.75, 3.05) is 0 Å². The summed E-state index contributed by atoms with van der Waals surface area (Å²) in [6.45, 7) is 0. The van der Waals surface area contributed by atoms with E-state index in [0.717, 1.165) is 17.3 Å². The minimum atomic E-state index is -0.393. The van der Waals surface area contributed by atoms with Crippen molar-refractivity contribution < 1.29 is 9.59 Å². The highest BCUT2D eigenvalue weighted by Crippen LogP contribution is 2.43. The fraction of sp³-hybridized carbons (Fsp3) is 0. The second-order valence-electron chi connectivity index (χ2n) is 4.42. The molecule has 1 aliphatic rings. The molecule has 0 spiro atoms. The standard InChI is InChI=1S/C16H12NO2S/c18-12-17(14-9-5-2-6-10-14)15(11-20-16(17)19)13-7-3-1-4-8-13/h1-12H/q+1. The fourth-order valence-corrected chi connectivity index (χ4v) is 3.25. The van der Waals surface area contributed by atoms with Gasteiger partial charge in [-0.2, -0.15) is 0 Å². The normalized spacial score (nSPS) is 21.6. The molecule has 0 aliphatic carbocycles. The van der Waals surface area contributed by atoms with E-state index >= 15 is 0 Å². The summed E-state index contributed by atoms with van der Waals surface area (Å²) in [6.07, 6.45) is 0.705. The minimum Gasteiger partial charge on any atom is -0.232 e. The zero-order chi connectivity index (χ0) is 14.0. The highest BCUT2D eigenvalue weighted by molar-refractivity contribution is 8.16. The molecule has 0 saturated carbocycles. The van der Waals surface area contributed by atoms with Gasteiger partial charge in [-0.1, -0.05) is 36.4 Å². The first kappa shape index (κ1) is 12.8. The summed E-state index contributed by atoms with van der Waals surface area (Å²) >= 11 is 1.07. The quantitative estimate of drug-likeness (QED) is 0.630. The van der Waals surface area contributed by atoms with E-state index in [2.05, 4.69) is 0 Å². The molecule has 1 unspecified atom stereocenters. The molecule has 20 heavy (non-hydrogen) atoms. The maximum absolute atomic E-state index is 12.4. The van der Waals surface area contributed by atoms with Gasteiger partial charge in [0.05, 0.1) is 0 Å². The number of thioether (sulfide) groups is 1. The Morgan fingerprint density at radius 1 is 0.900 bits per heavy atom. The number of quaternary nitrogens is 1. The summed E-state index contributed by atoms with van der Waals surface area (Å²) in [7, 11) is 0. The summed E-state index contributed by atoms with van der Waals surface area (Å²) in [5, 5.41) is 1.56. The smallest absolute Gasteiger partial charge is 0.232 e. The maximum Gasteiger partial charge on any atom is 0.396 e. The summed E-state index contributed by atoms with van der Waals surface area (Å²) in [5.74, 6) is 0. The summed E-state index contributed by atoms with van der Waals surface area (Å²) in [5.41, 5.74) is 2.23. The molecule has 1 aliphatic heterocycles. The van der Waals surface area contributed by atoms with Gasteiger partial charge in [0.15, 0.2) is 11.4 Å². The third-order valence-electron chi connectivity index (χ3n) is 3.33. The van der Waals surface area contributed by atoms with Crippen LogP contribution in [0.2, 0.25) is 0 Å². The van der Waals surface area contributed by atoms with Crippen LogP contribution in [-0.4, -0.2) is 11.6 Å². The van der Waals surface area contributed by atoms with Crippen LogP contribution >= 0.6 is 11.8 Å². The first-order valence-electron chi connectivity index (χ1n) is 6.17. The van der Waals surface area contributed by atoms with Crippen LogP contribution < -0.4 is 4.48 Å². The minimum absolute atomic E-state index is 0.204. The predicted octanol–water partition coefficient (Wildman–Crippen LogP) is 4.02. The van der Waals surface area contributed by atoms with E-state index in [9.17, 15) is 9.59 Å². The van der Waals surface area contributed by atoms with Gasteiger partial charge in [0.1, 0.15) is 0 Å². The van der Waals surface area contributed by atoms with Gasteiger partial charge in [0, 0.05) is 34.9 Å². The molecule has 0 N–H and O–H groups in total. The Hall–Kier alpha value is -2.17. The Morgan fingerprint density at radius 2 is 1.50 bits per heavy atom. The van der Waals surface area contributed by atoms with Gasteiger partial charge >= 0.3 is 11.6 Å². The average molecular weight is 282 g/mol. The molecule has 98 valence electrons. The lowest BCUT2D eigenvalue weighted by atomic mass is 10.1. The Balaban J connectivity index is 2.20. The van der Waals surface area contributed by atoms with Crippen molar-refractivity contribution in [2.45, 2.75) is 0 Å². The van der Waals surface area contributed by atoms with Crippen LogP contribution in [0, 0.1) is 0 Å². The molecule has 3 rings (SSSR count). The molecule has 0 radical (unpaired) electrons. The second-order valence-corrected chi connectivity index (χ2v) is 5.24. The van der Waals surface area contributed by atoms with Crippen LogP contribution in [0.3, 0.4) is 0 Å². The van der Waals surface area contributed by atoms with Crippen molar-refractivity contribution >= 4 is 34.8 Å². The zero-order valence-electron chi connectivity index (χ0n) is 10.6. The van der Waals surface area contributed by atoms with E-state index in [1.54, 1.807) is 17.5 Å².